The van der Waals surface area contributed by atoms with Crippen molar-refractivity contribution < 1.29 is 9.53 Å². The molecule has 1 heterocycles. The minimum atomic E-state index is -0.109. The molecule has 21 heavy (non-hydrogen) atoms. The standard InChI is InChI=1S/C17H18N2O2/c1-11-3-5-14(7-12(11)2)18-9-13-4-6-16-15(8-13)19-17(20)10-21-16/h3-8,18H,9-10H2,1-2H3,(H,19,20). The SMILES string of the molecule is Cc1ccc(NCc2ccc3c(c2)NC(=O)CO3)cc1C. The predicted octanol–water partition coefficient (Wildman–Crippen LogP) is 3.25. The molecule has 0 radical (unpaired) electrons. The third-order valence-electron chi connectivity index (χ3n) is 3.68. The van der Waals surface area contributed by atoms with Crippen molar-refractivity contribution in [1.29, 1.82) is 0 Å². The molecule has 0 atom stereocenters. The van der Waals surface area contributed by atoms with Gasteiger partial charge in [-0.3, -0.25) is 4.79 Å². The minimum absolute atomic E-state index is 0.0905. The number of ether oxygens (including phenoxy) is 1. The average Bonchev–Trinajstić information content (AvgIpc) is 2.48. The maximum absolute atomic E-state index is 11.3. The summed E-state index contributed by atoms with van der Waals surface area (Å²) in [5, 5.41) is 6.22. The summed E-state index contributed by atoms with van der Waals surface area (Å²) in [6, 6.07) is 12.2. The lowest BCUT2D eigenvalue weighted by Crippen LogP contribution is -2.25. The van der Waals surface area contributed by atoms with Gasteiger partial charge >= 0.3 is 0 Å². The molecule has 0 aliphatic carbocycles. The lowest BCUT2D eigenvalue weighted by molar-refractivity contribution is -0.118. The monoisotopic (exact) mass is 282 g/mol. The second-order valence-electron chi connectivity index (χ2n) is 5.32. The van der Waals surface area contributed by atoms with Crippen LogP contribution in [0.2, 0.25) is 0 Å². The molecule has 2 N–H and O–H groups in total. The topological polar surface area (TPSA) is 50.4 Å². The molecule has 0 spiro atoms. The fraction of sp³-hybridized carbons (Fsp3) is 0.235. The van der Waals surface area contributed by atoms with Gasteiger partial charge in [0, 0.05) is 12.2 Å². The Morgan fingerprint density at radius 3 is 2.81 bits per heavy atom. The van der Waals surface area contributed by atoms with Crippen LogP contribution in [-0.4, -0.2) is 12.5 Å². The van der Waals surface area contributed by atoms with Crippen LogP contribution in [-0.2, 0) is 11.3 Å². The molecule has 1 aliphatic rings. The number of carbonyl (C=O) groups is 1. The molecular weight excluding hydrogens is 264 g/mol. The summed E-state index contributed by atoms with van der Waals surface area (Å²) in [6.45, 7) is 5.00. The lowest BCUT2D eigenvalue weighted by Gasteiger charge is -2.18. The van der Waals surface area contributed by atoms with Crippen LogP contribution in [0, 0.1) is 13.8 Å². The van der Waals surface area contributed by atoms with Crippen molar-refractivity contribution in [2.45, 2.75) is 20.4 Å². The summed E-state index contributed by atoms with van der Waals surface area (Å²) in [7, 11) is 0. The highest BCUT2D eigenvalue weighted by molar-refractivity contribution is 5.95. The Labute approximate surface area is 124 Å². The van der Waals surface area contributed by atoms with E-state index in [2.05, 4.69) is 42.7 Å². The van der Waals surface area contributed by atoms with E-state index in [1.165, 1.54) is 11.1 Å². The number of aryl methyl sites for hydroxylation is 2. The molecule has 0 aromatic heterocycles. The Morgan fingerprint density at radius 1 is 1.14 bits per heavy atom. The molecule has 2 aromatic rings. The van der Waals surface area contributed by atoms with Crippen LogP contribution in [0.4, 0.5) is 11.4 Å². The van der Waals surface area contributed by atoms with E-state index in [4.69, 9.17) is 4.74 Å². The second kappa shape index (κ2) is 5.48. The normalized spacial score (nSPS) is 13.1. The summed E-state index contributed by atoms with van der Waals surface area (Å²) in [6.07, 6.45) is 0. The number of rotatable bonds is 3. The first-order chi connectivity index (χ1) is 10.1. The van der Waals surface area contributed by atoms with E-state index in [-0.39, 0.29) is 12.5 Å². The molecule has 2 aromatic carbocycles. The smallest absolute Gasteiger partial charge is 0.262 e. The Kier molecular flexibility index (Phi) is 3.52. The predicted molar refractivity (Wildman–Crippen MR) is 83.8 cm³/mol. The Hall–Kier alpha value is -2.49. The average molecular weight is 282 g/mol. The van der Waals surface area contributed by atoms with Crippen molar-refractivity contribution in [1.82, 2.24) is 0 Å². The van der Waals surface area contributed by atoms with Crippen LogP contribution in [0.15, 0.2) is 36.4 Å². The lowest BCUT2D eigenvalue weighted by atomic mass is 10.1. The van der Waals surface area contributed by atoms with Gasteiger partial charge in [0.05, 0.1) is 5.69 Å². The first kappa shape index (κ1) is 13.5. The Bertz CT molecular complexity index is 695. The molecule has 4 nitrogen and oxygen atoms in total. The van der Waals surface area contributed by atoms with E-state index in [1.54, 1.807) is 0 Å². The number of nitrogens with one attached hydrogen (secondary N) is 2. The number of benzene rings is 2. The molecule has 3 rings (SSSR count). The van der Waals surface area contributed by atoms with Crippen molar-refractivity contribution in [3.05, 3.63) is 53.1 Å². The van der Waals surface area contributed by atoms with Gasteiger partial charge in [-0.2, -0.15) is 0 Å². The highest BCUT2D eigenvalue weighted by atomic mass is 16.5. The number of anilines is 2. The van der Waals surface area contributed by atoms with Crippen LogP contribution in [0.3, 0.4) is 0 Å². The van der Waals surface area contributed by atoms with Crippen molar-refractivity contribution >= 4 is 17.3 Å². The summed E-state index contributed by atoms with van der Waals surface area (Å²) >= 11 is 0. The van der Waals surface area contributed by atoms with Gasteiger partial charge < -0.3 is 15.4 Å². The van der Waals surface area contributed by atoms with E-state index in [9.17, 15) is 4.79 Å². The first-order valence-electron chi connectivity index (χ1n) is 6.98. The Balaban J connectivity index is 1.72. The minimum Gasteiger partial charge on any atom is -0.482 e. The van der Waals surface area contributed by atoms with Crippen LogP contribution < -0.4 is 15.4 Å². The third kappa shape index (κ3) is 2.99. The zero-order valence-electron chi connectivity index (χ0n) is 12.2. The van der Waals surface area contributed by atoms with E-state index < -0.39 is 0 Å². The van der Waals surface area contributed by atoms with Crippen LogP contribution in [0.25, 0.3) is 0 Å². The molecule has 0 saturated carbocycles. The van der Waals surface area contributed by atoms with E-state index in [1.807, 2.05) is 18.2 Å². The molecular formula is C17H18N2O2. The van der Waals surface area contributed by atoms with Gasteiger partial charge in [0.15, 0.2) is 6.61 Å². The first-order valence-corrected chi connectivity index (χ1v) is 6.98. The van der Waals surface area contributed by atoms with Crippen molar-refractivity contribution in [2.75, 3.05) is 17.2 Å². The van der Waals surface area contributed by atoms with Gasteiger partial charge in [0.25, 0.3) is 5.91 Å². The summed E-state index contributed by atoms with van der Waals surface area (Å²) < 4.78 is 5.35. The number of hydrogen-bond donors (Lipinski definition) is 2. The fourth-order valence-electron chi connectivity index (χ4n) is 2.30. The van der Waals surface area contributed by atoms with Crippen LogP contribution >= 0.6 is 0 Å². The second-order valence-corrected chi connectivity index (χ2v) is 5.32. The molecule has 0 unspecified atom stereocenters. The molecule has 108 valence electrons. The number of fused-ring (bicyclic) bond motifs is 1. The number of carbonyl (C=O) groups excluding carboxylic acids is 1. The molecule has 4 heteroatoms. The molecule has 0 bridgehead atoms. The summed E-state index contributed by atoms with van der Waals surface area (Å²) in [4.78, 5) is 11.3. The highest BCUT2D eigenvalue weighted by Gasteiger charge is 2.15. The number of amides is 1. The summed E-state index contributed by atoms with van der Waals surface area (Å²) in [5.41, 5.74) is 5.49. The molecule has 1 aliphatic heterocycles. The maximum atomic E-state index is 11.3. The molecule has 0 saturated heterocycles. The van der Waals surface area contributed by atoms with Gasteiger partial charge in [-0.1, -0.05) is 12.1 Å². The van der Waals surface area contributed by atoms with Gasteiger partial charge in [-0.25, -0.2) is 0 Å². The van der Waals surface area contributed by atoms with Crippen LogP contribution in [0.1, 0.15) is 16.7 Å². The largest absolute Gasteiger partial charge is 0.482 e. The van der Waals surface area contributed by atoms with Gasteiger partial charge in [0.2, 0.25) is 0 Å². The Morgan fingerprint density at radius 2 is 2.00 bits per heavy atom. The van der Waals surface area contributed by atoms with E-state index in [0.717, 1.165) is 22.7 Å². The molecule has 0 fully saturated rings. The van der Waals surface area contributed by atoms with Crippen molar-refractivity contribution in [3.8, 4) is 5.75 Å². The zero-order chi connectivity index (χ0) is 14.8. The van der Waals surface area contributed by atoms with Crippen molar-refractivity contribution in [3.63, 3.8) is 0 Å². The maximum Gasteiger partial charge on any atom is 0.262 e. The quantitative estimate of drug-likeness (QED) is 0.908. The highest BCUT2D eigenvalue weighted by Crippen LogP contribution is 2.28. The van der Waals surface area contributed by atoms with Crippen molar-refractivity contribution in [2.24, 2.45) is 0 Å². The zero-order valence-corrected chi connectivity index (χ0v) is 12.2. The van der Waals surface area contributed by atoms with Crippen LogP contribution in [0.5, 0.6) is 5.75 Å². The molecule has 1 amide bonds. The van der Waals surface area contributed by atoms with E-state index >= 15 is 0 Å². The fourth-order valence-corrected chi connectivity index (χ4v) is 2.30. The van der Waals surface area contributed by atoms with Gasteiger partial charge in [0.1, 0.15) is 5.75 Å². The summed E-state index contributed by atoms with van der Waals surface area (Å²) in [5.74, 6) is 0.617. The number of hydrogen-bond acceptors (Lipinski definition) is 3. The third-order valence-corrected chi connectivity index (χ3v) is 3.68. The van der Waals surface area contributed by atoms with Gasteiger partial charge in [-0.15, -0.1) is 0 Å². The van der Waals surface area contributed by atoms with E-state index in [0.29, 0.717) is 6.54 Å². The van der Waals surface area contributed by atoms with Gasteiger partial charge in [-0.05, 0) is 54.8 Å².